The van der Waals surface area contributed by atoms with Gasteiger partial charge in [-0.1, -0.05) is 356 Å². The maximum atomic E-state index is 13.1. The summed E-state index contributed by atoms with van der Waals surface area (Å²) in [5.74, 6) is -0.564. The second-order valence-electron chi connectivity index (χ2n) is 28.8. The number of rotatable bonds is 77. The molecule has 0 fully saturated rings. The highest BCUT2D eigenvalue weighted by molar-refractivity contribution is 7.47. The molecule has 19 heteroatoms. The Hall–Kier alpha value is -1.94. The number of unbranched alkanes of at least 4 members (excludes halogenated alkanes) is 46. The summed E-state index contributed by atoms with van der Waals surface area (Å²) in [6, 6.07) is 0. The van der Waals surface area contributed by atoms with E-state index in [1.54, 1.807) is 0 Å². The van der Waals surface area contributed by atoms with Gasteiger partial charge < -0.3 is 33.8 Å². The molecule has 0 radical (unpaired) electrons. The van der Waals surface area contributed by atoms with Gasteiger partial charge in [-0.25, -0.2) is 9.13 Å². The maximum absolute atomic E-state index is 13.1. The van der Waals surface area contributed by atoms with Gasteiger partial charge in [-0.15, -0.1) is 0 Å². The molecule has 0 bridgehead atoms. The van der Waals surface area contributed by atoms with Crippen molar-refractivity contribution in [2.24, 2.45) is 11.8 Å². The van der Waals surface area contributed by atoms with Gasteiger partial charge in [-0.3, -0.25) is 37.3 Å². The first-order chi connectivity index (χ1) is 46.9. The van der Waals surface area contributed by atoms with Gasteiger partial charge in [0.25, 0.3) is 0 Å². The minimum atomic E-state index is -4.96. The van der Waals surface area contributed by atoms with E-state index in [0.717, 1.165) is 102 Å². The molecule has 0 spiro atoms. The number of phosphoric acid groups is 2. The Morgan fingerprint density at radius 3 is 0.784 bits per heavy atom. The van der Waals surface area contributed by atoms with Crippen LogP contribution in [0.4, 0.5) is 0 Å². The molecule has 0 aliphatic heterocycles. The molecule has 0 aromatic rings. The van der Waals surface area contributed by atoms with E-state index in [1.807, 2.05) is 0 Å². The highest BCUT2D eigenvalue weighted by Gasteiger charge is 2.30. The number of esters is 4. The number of carbonyl (C=O) groups is 4. The van der Waals surface area contributed by atoms with Crippen LogP contribution in [0.1, 0.15) is 408 Å². The number of carbonyl (C=O) groups excluding carboxylic acids is 4. The molecule has 0 rings (SSSR count). The molecule has 17 nitrogen and oxygen atoms in total. The van der Waals surface area contributed by atoms with Crippen molar-refractivity contribution in [1.29, 1.82) is 0 Å². The van der Waals surface area contributed by atoms with E-state index in [0.29, 0.717) is 31.6 Å². The van der Waals surface area contributed by atoms with E-state index in [9.17, 15) is 43.2 Å². The largest absolute Gasteiger partial charge is 0.472 e. The van der Waals surface area contributed by atoms with E-state index in [4.69, 9.17) is 37.0 Å². The zero-order valence-corrected chi connectivity index (χ0v) is 65.2. The summed E-state index contributed by atoms with van der Waals surface area (Å²) in [7, 11) is -9.91. The Morgan fingerprint density at radius 1 is 0.299 bits per heavy atom. The summed E-state index contributed by atoms with van der Waals surface area (Å²) in [5.41, 5.74) is 0. The first kappa shape index (κ1) is 95.1. The van der Waals surface area contributed by atoms with Gasteiger partial charge in [0, 0.05) is 25.7 Å². The highest BCUT2D eigenvalue weighted by atomic mass is 31.2. The second-order valence-corrected chi connectivity index (χ2v) is 31.7. The summed E-state index contributed by atoms with van der Waals surface area (Å²) < 4.78 is 68.5. The molecule has 0 saturated carbocycles. The lowest BCUT2D eigenvalue weighted by Crippen LogP contribution is -2.30. The quantitative estimate of drug-likeness (QED) is 0.0222. The molecule has 0 aromatic carbocycles. The van der Waals surface area contributed by atoms with Gasteiger partial charge >= 0.3 is 39.5 Å². The van der Waals surface area contributed by atoms with Gasteiger partial charge in [0.1, 0.15) is 19.3 Å². The summed E-state index contributed by atoms with van der Waals surface area (Å²) in [4.78, 5) is 72.8. The third kappa shape index (κ3) is 70.9. The summed E-state index contributed by atoms with van der Waals surface area (Å²) in [6.07, 6.45) is 58.4. The maximum Gasteiger partial charge on any atom is 0.472 e. The molecule has 576 valence electrons. The fraction of sp³-hybridized carbons (Fsp3) is 0.949. The predicted octanol–water partition coefficient (Wildman–Crippen LogP) is 23.1. The molecule has 0 amide bonds. The van der Waals surface area contributed by atoms with Crippen LogP contribution in [-0.2, 0) is 65.4 Å². The molecular formula is C78H152O17P2. The van der Waals surface area contributed by atoms with Crippen LogP contribution < -0.4 is 0 Å². The number of hydrogen-bond acceptors (Lipinski definition) is 15. The minimum Gasteiger partial charge on any atom is -0.462 e. The number of aliphatic hydroxyl groups excluding tert-OH is 1. The molecular weight excluding hydrogens is 1270 g/mol. The van der Waals surface area contributed by atoms with Crippen molar-refractivity contribution < 1.29 is 80.2 Å². The Balaban J connectivity index is 5.18. The molecule has 6 atom stereocenters. The average Bonchev–Trinajstić information content (AvgIpc) is 1.53. The standard InChI is InChI=1S/C78H152O17P2/c1-7-10-12-14-16-18-20-21-26-30-34-37-41-48-54-60-75(80)88-66-73(94-78(83)63-57-51-43-39-35-31-28-25-23-22-24-27-29-33-36-40-47-53-59-71(6)9-3)68-92-96(84,85)90-64-72(79)65-91-97(86,87)93-69-74(67-89-76(81)61-55-49-45-44-46-52-58-70(4)5)95-77(82)62-56-50-42-38-32-19-17-15-13-11-8-2/h70-74,79H,7-69H2,1-6H3,(H,84,85)(H,86,87)/t71?,72-,73-,74-/m1/s1. The Morgan fingerprint density at radius 2 is 0.526 bits per heavy atom. The van der Waals surface area contributed by atoms with Crippen LogP contribution in [0.3, 0.4) is 0 Å². The van der Waals surface area contributed by atoms with Crippen molar-refractivity contribution >= 4 is 39.5 Å². The number of hydrogen-bond donors (Lipinski definition) is 3. The third-order valence-electron chi connectivity index (χ3n) is 18.6. The van der Waals surface area contributed by atoms with Crippen molar-refractivity contribution in [1.82, 2.24) is 0 Å². The average molecular weight is 1420 g/mol. The van der Waals surface area contributed by atoms with E-state index in [1.165, 1.54) is 218 Å². The van der Waals surface area contributed by atoms with Gasteiger partial charge in [-0.2, -0.15) is 0 Å². The molecule has 97 heavy (non-hydrogen) atoms. The summed E-state index contributed by atoms with van der Waals surface area (Å²) in [6.45, 7) is 9.59. The van der Waals surface area contributed by atoms with Crippen LogP contribution in [0.15, 0.2) is 0 Å². The van der Waals surface area contributed by atoms with Crippen LogP contribution in [0, 0.1) is 11.8 Å². The molecule has 3 unspecified atom stereocenters. The SMILES string of the molecule is CCCCCCCCCCCCCCCCCC(=O)OC[C@H](COP(=O)(O)OC[C@@H](O)COP(=O)(O)OC[C@@H](COC(=O)CCCCCCCCC(C)C)OC(=O)CCCCCCCCCCCCC)OC(=O)CCCCCCCCCCCCCCCCCCCCC(C)CC. The number of aliphatic hydroxyl groups is 1. The molecule has 0 aliphatic carbocycles. The highest BCUT2D eigenvalue weighted by Crippen LogP contribution is 2.45. The number of phosphoric ester groups is 2. The van der Waals surface area contributed by atoms with Crippen LogP contribution >= 0.6 is 15.6 Å². The number of ether oxygens (including phenoxy) is 4. The fourth-order valence-corrected chi connectivity index (χ4v) is 13.6. The van der Waals surface area contributed by atoms with Crippen molar-refractivity contribution in [3.8, 4) is 0 Å². The van der Waals surface area contributed by atoms with Gasteiger partial charge in [-0.05, 0) is 37.5 Å². The van der Waals surface area contributed by atoms with Crippen molar-refractivity contribution in [3.63, 3.8) is 0 Å². The Kier molecular flexibility index (Phi) is 68.4. The lowest BCUT2D eigenvalue weighted by molar-refractivity contribution is -0.161. The lowest BCUT2D eigenvalue weighted by Gasteiger charge is -2.21. The molecule has 0 aromatic heterocycles. The van der Waals surface area contributed by atoms with E-state index in [-0.39, 0.29) is 25.7 Å². The summed E-state index contributed by atoms with van der Waals surface area (Å²) >= 11 is 0. The van der Waals surface area contributed by atoms with Crippen molar-refractivity contribution in [2.45, 2.75) is 426 Å². The minimum absolute atomic E-state index is 0.106. The monoisotopic (exact) mass is 1420 g/mol. The van der Waals surface area contributed by atoms with E-state index < -0.39 is 97.5 Å². The molecule has 0 aliphatic rings. The fourth-order valence-electron chi connectivity index (χ4n) is 12.0. The van der Waals surface area contributed by atoms with Crippen LogP contribution in [0.2, 0.25) is 0 Å². The van der Waals surface area contributed by atoms with Crippen molar-refractivity contribution in [3.05, 3.63) is 0 Å². The second kappa shape index (κ2) is 69.8. The van der Waals surface area contributed by atoms with Crippen LogP contribution in [0.5, 0.6) is 0 Å². The molecule has 3 N–H and O–H groups in total. The van der Waals surface area contributed by atoms with Gasteiger partial charge in [0.2, 0.25) is 0 Å². The summed E-state index contributed by atoms with van der Waals surface area (Å²) in [5, 5.41) is 10.6. The van der Waals surface area contributed by atoms with Crippen LogP contribution in [-0.4, -0.2) is 96.7 Å². The van der Waals surface area contributed by atoms with Crippen LogP contribution in [0.25, 0.3) is 0 Å². The zero-order chi connectivity index (χ0) is 71.4. The zero-order valence-electron chi connectivity index (χ0n) is 63.4. The normalized spacial score (nSPS) is 14.2. The predicted molar refractivity (Wildman–Crippen MR) is 395 cm³/mol. The van der Waals surface area contributed by atoms with E-state index in [2.05, 4.69) is 41.5 Å². The van der Waals surface area contributed by atoms with Gasteiger partial charge in [0.15, 0.2) is 12.2 Å². The van der Waals surface area contributed by atoms with Gasteiger partial charge in [0.05, 0.1) is 26.4 Å². The first-order valence-electron chi connectivity index (χ1n) is 40.5. The Labute approximate surface area is 594 Å². The molecule has 0 saturated heterocycles. The Bertz CT molecular complexity index is 1870. The lowest BCUT2D eigenvalue weighted by atomic mass is 9.99. The smallest absolute Gasteiger partial charge is 0.462 e. The third-order valence-corrected chi connectivity index (χ3v) is 20.5. The first-order valence-corrected chi connectivity index (χ1v) is 43.5. The van der Waals surface area contributed by atoms with Crippen molar-refractivity contribution in [2.75, 3.05) is 39.6 Å². The molecule has 0 heterocycles. The van der Waals surface area contributed by atoms with E-state index >= 15 is 0 Å². The topological polar surface area (TPSA) is 237 Å².